The summed E-state index contributed by atoms with van der Waals surface area (Å²) < 4.78 is 3.54. The second-order valence-electron chi connectivity index (χ2n) is 9.77. The van der Waals surface area contributed by atoms with E-state index in [1.165, 1.54) is 39.0 Å². The molecule has 4 heteroatoms. The van der Waals surface area contributed by atoms with Crippen molar-refractivity contribution in [2.75, 3.05) is 0 Å². The Kier molecular flexibility index (Phi) is 8.00. The minimum absolute atomic E-state index is 0. The summed E-state index contributed by atoms with van der Waals surface area (Å²) in [5.74, 6) is 0. The minimum Gasteiger partial charge on any atom is -0.147 e. The Morgan fingerprint density at radius 3 is 1.94 bits per heavy atom. The van der Waals surface area contributed by atoms with Crippen LogP contribution in [0.15, 0.2) is 109 Å². The molecular weight excluding hydrogens is 531 g/mol. The first kappa shape index (κ1) is 26.9. The predicted molar refractivity (Wildman–Crippen MR) is 160 cm³/mol. The van der Waals surface area contributed by atoms with E-state index >= 15 is 0 Å². The normalized spacial score (nSPS) is 15.4. The molecule has 1 unspecified atom stereocenters. The van der Waals surface area contributed by atoms with Crippen LogP contribution < -0.4 is 7.74 Å². The first-order valence-corrected chi connectivity index (χ1v) is 18.6. The van der Waals surface area contributed by atoms with E-state index in [4.69, 9.17) is 0 Å². The third-order valence-corrected chi connectivity index (χ3v) is 19.5. The van der Waals surface area contributed by atoms with Crippen molar-refractivity contribution in [2.45, 2.75) is 24.5 Å². The third-order valence-electron chi connectivity index (χ3n) is 7.71. The Bertz CT molecular complexity index is 1480. The largest absolute Gasteiger partial charge is 0.147 e. The molecule has 2 aliphatic carbocycles. The van der Waals surface area contributed by atoms with E-state index in [0.29, 0.717) is 4.22 Å². The molecule has 6 rings (SSSR count). The molecule has 0 fully saturated rings. The first-order chi connectivity index (χ1) is 16.6. The SMILES string of the molecule is Cc1ccc2c(c1)[CH]([Ti](=[SiH2])([c]1ccccc1)[c]1ccccc1)c1c-2ccc(C)c1C1=CC=CC1.Cl.Cl. The van der Waals surface area contributed by atoms with Gasteiger partial charge in [-0.2, -0.15) is 0 Å². The summed E-state index contributed by atoms with van der Waals surface area (Å²) in [6.45, 7) is 4.55. The van der Waals surface area contributed by atoms with E-state index in [1.54, 1.807) is 13.3 Å². The molecular formula is C32H31Cl2SiTi. The smallest absolute Gasteiger partial charge is 0.147 e. The summed E-state index contributed by atoms with van der Waals surface area (Å²) in [5.41, 5.74) is 11.7. The fourth-order valence-electron chi connectivity index (χ4n) is 6.13. The molecule has 4 aromatic rings. The van der Waals surface area contributed by atoms with Crippen molar-refractivity contribution in [2.24, 2.45) is 0 Å². The van der Waals surface area contributed by atoms with E-state index in [-0.39, 0.29) is 24.8 Å². The number of benzene rings is 4. The topological polar surface area (TPSA) is 0 Å². The van der Waals surface area contributed by atoms with Gasteiger partial charge in [0.15, 0.2) is 0 Å². The maximum absolute atomic E-state index is 2.93. The molecule has 0 saturated carbocycles. The standard InChI is InChI=1S/C20H17.2C6H5.2ClH.H2Si.Ti/c1-13-7-9-17-16(11-13)12-19-18(17)10-8-14(2)20(19)15-5-3-4-6-15;2*1-2-4-6-5-3-1;;;;/h3-5,7-12H,6H2,1-2H3;2*1-5H;2*1H;1H2;. The molecule has 0 amide bonds. The molecule has 0 spiro atoms. The summed E-state index contributed by atoms with van der Waals surface area (Å²) in [4.78, 5) is 0. The van der Waals surface area contributed by atoms with Gasteiger partial charge in [0.25, 0.3) is 0 Å². The van der Waals surface area contributed by atoms with E-state index in [1.807, 2.05) is 0 Å². The zero-order chi connectivity index (χ0) is 23.3. The molecule has 4 aromatic carbocycles. The van der Waals surface area contributed by atoms with E-state index in [9.17, 15) is 0 Å². The molecule has 0 aliphatic heterocycles. The Morgan fingerprint density at radius 2 is 1.36 bits per heavy atom. The number of allylic oxidation sites excluding steroid dienone is 4. The summed E-state index contributed by atoms with van der Waals surface area (Å²) in [7, 11) is 2.35. The van der Waals surface area contributed by atoms with Crippen LogP contribution in [0.2, 0.25) is 0 Å². The molecule has 36 heavy (non-hydrogen) atoms. The van der Waals surface area contributed by atoms with Gasteiger partial charge in [-0.05, 0) is 0 Å². The van der Waals surface area contributed by atoms with Crippen LogP contribution in [0.25, 0.3) is 16.7 Å². The Balaban J connectivity index is 0.00000152. The van der Waals surface area contributed by atoms with Crippen LogP contribution in [0.3, 0.4) is 0 Å². The second-order valence-corrected chi connectivity index (χ2v) is 20.1. The minimum atomic E-state index is -2.93. The second kappa shape index (κ2) is 10.7. The average Bonchev–Trinajstić information content (AvgIpc) is 3.51. The van der Waals surface area contributed by atoms with Gasteiger partial charge >= 0.3 is 209 Å². The van der Waals surface area contributed by atoms with Gasteiger partial charge in [-0.3, -0.25) is 0 Å². The Hall–Kier alpha value is -2.13. The Labute approximate surface area is 232 Å². The maximum atomic E-state index is 2.49. The van der Waals surface area contributed by atoms with Gasteiger partial charge in [0.2, 0.25) is 0 Å². The number of hydrogen-bond donors (Lipinski definition) is 0. The van der Waals surface area contributed by atoms with Crippen LogP contribution in [0.4, 0.5) is 0 Å². The van der Waals surface area contributed by atoms with Crippen molar-refractivity contribution in [1.29, 1.82) is 0 Å². The zero-order valence-electron chi connectivity index (χ0n) is 20.7. The van der Waals surface area contributed by atoms with Crippen LogP contribution in [0.5, 0.6) is 0 Å². The molecule has 2 aliphatic rings. The van der Waals surface area contributed by atoms with Gasteiger partial charge in [0, 0.05) is 0 Å². The van der Waals surface area contributed by atoms with Gasteiger partial charge < -0.3 is 0 Å². The van der Waals surface area contributed by atoms with Gasteiger partial charge in [-0.15, -0.1) is 24.8 Å². The molecule has 0 heterocycles. The molecule has 0 radical (unpaired) electrons. The van der Waals surface area contributed by atoms with Crippen LogP contribution in [0.1, 0.15) is 38.5 Å². The molecule has 0 bridgehead atoms. The molecule has 0 N–H and O–H groups in total. The van der Waals surface area contributed by atoms with Crippen LogP contribution >= 0.6 is 24.8 Å². The monoisotopic (exact) mass is 561 g/mol. The first-order valence-electron chi connectivity index (χ1n) is 12.2. The fraction of sp³-hybridized carbons (Fsp3) is 0.125. The van der Waals surface area contributed by atoms with Crippen molar-refractivity contribution >= 4 is 45.8 Å². The molecule has 0 nitrogen and oxygen atoms in total. The summed E-state index contributed by atoms with van der Waals surface area (Å²) in [6.07, 6.45) is 7.89. The van der Waals surface area contributed by atoms with Crippen molar-refractivity contribution in [3.63, 3.8) is 0 Å². The number of rotatable bonds is 4. The number of fused-ring (bicyclic) bond motifs is 3. The predicted octanol–water partition coefficient (Wildman–Crippen LogP) is 6.91. The summed E-state index contributed by atoms with van der Waals surface area (Å²) in [6, 6.07) is 34.8. The molecule has 0 saturated heterocycles. The van der Waals surface area contributed by atoms with Gasteiger partial charge in [0.05, 0.1) is 0 Å². The van der Waals surface area contributed by atoms with Crippen molar-refractivity contribution in [3.8, 4) is 11.1 Å². The van der Waals surface area contributed by atoms with Crippen LogP contribution in [-0.2, 0) is 15.3 Å². The third kappa shape index (κ3) is 4.22. The van der Waals surface area contributed by atoms with Gasteiger partial charge in [0.1, 0.15) is 0 Å². The molecule has 1 atom stereocenters. The fourth-order valence-corrected chi connectivity index (χ4v) is 16.3. The maximum Gasteiger partial charge on any atom is -0.147 e. The average molecular weight is 562 g/mol. The molecule has 0 aromatic heterocycles. The van der Waals surface area contributed by atoms with Gasteiger partial charge in [-0.25, -0.2) is 0 Å². The summed E-state index contributed by atoms with van der Waals surface area (Å²) in [5, 5.41) is 0. The van der Waals surface area contributed by atoms with Crippen molar-refractivity contribution < 1.29 is 15.3 Å². The summed E-state index contributed by atoms with van der Waals surface area (Å²) >= 11 is -2.93. The quantitative estimate of drug-likeness (QED) is 0.237. The van der Waals surface area contributed by atoms with Crippen LogP contribution in [0, 0.1) is 13.8 Å². The number of hydrogen-bond acceptors (Lipinski definition) is 0. The van der Waals surface area contributed by atoms with Gasteiger partial charge in [-0.1, -0.05) is 0 Å². The van der Waals surface area contributed by atoms with E-state index < -0.39 is 15.3 Å². The van der Waals surface area contributed by atoms with Crippen molar-refractivity contribution in [3.05, 3.63) is 137 Å². The number of halogens is 2. The van der Waals surface area contributed by atoms with Crippen molar-refractivity contribution in [1.82, 2.24) is 0 Å². The Morgan fingerprint density at radius 1 is 0.750 bits per heavy atom. The van der Waals surface area contributed by atoms with Crippen LogP contribution in [-0.4, -0.2) is 7.63 Å². The molecule has 181 valence electrons. The number of aryl methyl sites for hydroxylation is 2. The van der Waals surface area contributed by atoms with E-state index in [2.05, 4.69) is 131 Å². The van der Waals surface area contributed by atoms with E-state index in [0.717, 1.165) is 6.42 Å². The zero-order valence-corrected chi connectivity index (χ0v) is 25.3.